The van der Waals surface area contributed by atoms with Crippen LogP contribution in [0, 0.1) is 0 Å². The van der Waals surface area contributed by atoms with Gasteiger partial charge in [0, 0.05) is 23.4 Å². The first-order valence-corrected chi connectivity index (χ1v) is 6.45. The number of benzene rings is 1. The van der Waals surface area contributed by atoms with Crippen molar-refractivity contribution in [3.8, 4) is 5.75 Å². The number of aromatic amines is 1. The number of amides is 1. The van der Waals surface area contributed by atoms with E-state index in [2.05, 4.69) is 15.3 Å². The van der Waals surface area contributed by atoms with Crippen LogP contribution < -0.4 is 15.7 Å². The minimum absolute atomic E-state index is 0.0586. The van der Waals surface area contributed by atoms with Crippen LogP contribution in [0.4, 0.5) is 5.82 Å². The zero-order valence-corrected chi connectivity index (χ0v) is 12.1. The van der Waals surface area contributed by atoms with E-state index in [1.807, 2.05) is 0 Å². The van der Waals surface area contributed by atoms with E-state index < -0.39 is 17.6 Å². The van der Waals surface area contributed by atoms with Crippen LogP contribution in [0.25, 0.3) is 6.08 Å². The molecule has 2 aromatic rings. The molecule has 1 amide bonds. The summed E-state index contributed by atoms with van der Waals surface area (Å²) < 4.78 is 5.00. The average molecular weight is 315 g/mol. The standard InChI is InChI=1S/C15H13N3O5/c1-23-11-5-2-9(3-6-11)14(21)17-13-10(4-7-12(19)20)8-16-15(22)18-13/h2-8H,1H3,(H,19,20)(H2,16,17,18,21,22). The van der Waals surface area contributed by atoms with Crippen molar-refractivity contribution in [2.45, 2.75) is 0 Å². The number of rotatable bonds is 5. The minimum atomic E-state index is -1.16. The average Bonchev–Trinajstić information content (AvgIpc) is 2.54. The third-order valence-corrected chi connectivity index (χ3v) is 2.84. The van der Waals surface area contributed by atoms with Gasteiger partial charge < -0.3 is 15.2 Å². The normalized spacial score (nSPS) is 10.5. The Kier molecular flexibility index (Phi) is 4.88. The van der Waals surface area contributed by atoms with E-state index in [-0.39, 0.29) is 11.4 Å². The molecular weight excluding hydrogens is 302 g/mol. The highest BCUT2D eigenvalue weighted by Crippen LogP contribution is 2.15. The number of aromatic nitrogens is 2. The fraction of sp³-hybridized carbons (Fsp3) is 0.0667. The third kappa shape index (κ3) is 4.27. The number of methoxy groups -OCH3 is 1. The Labute approximate surface area is 130 Å². The number of anilines is 1. The topological polar surface area (TPSA) is 121 Å². The van der Waals surface area contributed by atoms with Crippen molar-refractivity contribution < 1.29 is 19.4 Å². The van der Waals surface area contributed by atoms with Gasteiger partial charge in [-0.05, 0) is 30.3 Å². The molecule has 0 fully saturated rings. The van der Waals surface area contributed by atoms with Gasteiger partial charge in [0.15, 0.2) is 0 Å². The van der Waals surface area contributed by atoms with Crippen molar-refractivity contribution in [3.05, 3.63) is 58.1 Å². The molecule has 0 saturated heterocycles. The molecule has 1 aromatic carbocycles. The van der Waals surface area contributed by atoms with Crippen LogP contribution in [0.5, 0.6) is 5.75 Å². The van der Waals surface area contributed by atoms with Crippen molar-refractivity contribution >= 4 is 23.8 Å². The van der Waals surface area contributed by atoms with Crippen molar-refractivity contribution in [1.29, 1.82) is 0 Å². The van der Waals surface area contributed by atoms with Gasteiger partial charge in [0.2, 0.25) is 0 Å². The number of hydrogen-bond donors (Lipinski definition) is 3. The summed E-state index contributed by atoms with van der Waals surface area (Å²) in [6.45, 7) is 0. The zero-order valence-electron chi connectivity index (χ0n) is 12.1. The molecule has 3 N–H and O–H groups in total. The first-order chi connectivity index (χ1) is 11.0. The predicted molar refractivity (Wildman–Crippen MR) is 82.5 cm³/mol. The van der Waals surface area contributed by atoms with Crippen molar-refractivity contribution in [2.75, 3.05) is 12.4 Å². The second kappa shape index (κ2) is 7.03. The number of carboxylic acids is 1. The predicted octanol–water partition coefficient (Wildman–Crippen LogP) is 1.13. The van der Waals surface area contributed by atoms with Crippen LogP contribution in [0.1, 0.15) is 15.9 Å². The molecule has 0 saturated carbocycles. The van der Waals surface area contributed by atoms with Crippen LogP contribution in [0.3, 0.4) is 0 Å². The number of hydrogen-bond acceptors (Lipinski definition) is 5. The molecule has 0 aliphatic carbocycles. The highest BCUT2D eigenvalue weighted by molar-refractivity contribution is 6.04. The minimum Gasteiger partial charge on any atom is -0.497 e. The molecule has 1 aromatic heterocycles. The summed E-state index contributed by atoms with van der Waals surface area (Å²) in [6.07, 6.45) is 3.26. The maximum atomic E-state index is 12.2. The fourth-order valence-corrected chi connectivity index (χ4v) is 1.72. The number of nitrogens with one attached hydrogen (secondary N) is 2. The Morgan fingerprint density at radius 1 is 1.30 bits per heavy atom. The van der Waals surface area contributed by atoms with Crippen LogP contribution in [-0.2, 0) is 4.79 Å². The van der Waals surface area contributed by atoms with Gasteiger partial charge in [-0.2, -0.15) is 0 Å². The molecule has 0 atom stereocenters. The SMILES string of the molecule is COc1ccc(C(=O)Nc2[nH]c(=O)ncc2C=CC(=O)O)cc1. The van der Waals surface area contributed by atoms with E-state index in [9.17, 15) is 14.4 Å². The first kappa shape index (κ1) is 16.0. The molecule has 0 aliphatic rings. The number of carbonyl (C=O) groups is 2. The lowest BCUT2D eigenvalue weighted by Crippen LogP contribution is -2.19. The molecule has 8 heteroatoms. The van der Waals surface area contributed by atoms with Gasteiger partial charge in [-0.1, -0.05) is 0 Å². The Balaban J connectivity index is 2.27. The van der Waals surface area contributed by atoms with Gasteiger partial charge in [-0.15, -0.1) is 0 Å². The molecule has 0 aliphatic heterocycles. The molecule has 0 radical (unpaired) electrons. The zero-order chi connectivity index (χ0) is 16.8. The highest BCUT2D eigenvalue weighted by Gasteiger charge is 2.10. The number of H-pyrrole nitrogens is 1. The fourth-order valence-electron chi connectivity index (χ4n) is 1.72. The van der Waals surface area contributed by atoms with Gasteiger partial charge in [0.25, 0.3) is 5.91 Å². The summed E-state index contributed by atoms with van der Waals surface area (Å²) in [6, 6.07) is 6.35. The number of aliphatic carboxylic acids is 1. The highest BCUT2D eigenvalue weighted by atomic mass is 16.5. The van der Waals surface area contributed by atoms with E-state index in [0.29, 0.717) is 11.3 Å². The molecule has 0 unspecified atom stereocenters. The largest absolute Gasteiger partial charge is 0.497 e. The van der Waals surface area contributed by atoms with Gasteiger partial charge in [-0.25, -0.2) is 14.6 Å². The maximum absolute atomic E-state index is 12.2. The van der Waals surface area contributed by atoms with Gasteiger partial charge in [-0.3, -0.25) is 9.78 Å². The second-order valence-corrected chi connectivity index (χ2v) is 4.37. The van der Waals surface area contributed by atoms with Crippen LogP contribution in [0.15, 0.2) is 41.3 Å². The number of carbonyl (C=O) groups excluding carboxylic acids is 1. The summed E-state index contributed by atoms with van der Waals surface area (Å²) in [4.78, 5) is 39.9. The molecular formula is C15H13N3O5. The summed E-state index contributed by atoms with van der Waals surface area (Å²) in [5.74, 6) is -0.977. The Hall–Kier alpha value is -3.42. The molecule has 2 rings (SSSR count). The number of ether oxygens (including phenoxy) is 1. The lowest BCUT2D eigenvalue weighted by Gasteiger charge is -2.08. The Bertz CT molecular complexity index is 809. The van der Waals surface area contributed by atoms with E-state index in [1.54, 1.807) is 24.3 Å². The van der Waals surface area contributed by atoms with E-state index in [4.69, 9.17) is 9.84 Å². The molecule has 0 spiro atoms. The van der Waals surface area contributed by atoms with Crippen molar-refractivity contribution in [1.82, 2.24) is 9.97 Å². The quantitative estimate of drug-likeness (QED) is 0.711. The van der Waals surface area contributed by atoms with Crippen LogP contribution in [0.2, 0.25) is 0 Å². The first-order valence-electron chi connectivity index (χ1n) is 6.45. The molecule has 8 nitrogen and oxygen atoms in total. The van der Waals surface area contributed by atoms with Crippen LogP contribution >= 0.6 is 0 Å². The molecule has 0 bridgehead atoms. The van der Waals surface area contributed by atoms with Gasteiger partial charge in [0.05, 0.1) is 7.11 Å². The monoisotopic (exact) mass is 315 g/mol. The lowest BCUT2D eigenvalue weighted by molar-refractivity contribution is -0.131. The third-order valence-electron chi connectivity index (χ3n) is 2.84. The van der Waals surface area contributed by atoms with Gasteiger partial charge in [0.1, 0.15) is 11.6 Å². The smallest absolute Gasteiger partial charge is 0.346 e. The van der Waals surface area contributed by atoms with E-state index in [1.165, 1.54) is 19.4 Å². The molecule has 23 heavy (non-hydrogen) atoms. The Morgan fingerprint density at radius 3 is 2.61 bits per heavy atom. The van der Waals surface area contributed by atoms with Crippen molar-refractivity contribution in [2.24, 2.45) is 0 Å². The molecule has 1 heterocycles. The van der Waals surface area contributed by atoms with Gasteiger partial charge >= 0.3 is 11.7 Å². The Morgan fingerprint density at radius 2 is 2.00 bits per heavy atom. The summed E-state index contributed by atoms with van der Waals surface area (Å²) >= 11 is 0. The van der Waals surface area contributed by atoms with Crippen molar-refractivity contribution in [3.63, 3.8) is 0 Å². The second-order valence-electron chi connectivity index (χ2n) is 4.37. The summed E-state index contributed by atoms with van der Waals surface area (Å²) in [5.41, 5.74) is -0.0620. The van der Waals surface area contributed by atoms with Crippen LogP contribution in [-0.4, -0.2) is 34.1 Å². The van der Waals surface area contributed by atoms with E-state index >= 15 is 0 Å². The maximum Gasteiger partial charge on any atom is 0.346 e. The summed E-state index contributed by atoms with van der Waals surface area (Å²) in [5, 5.41) is 11.2. The van der Waals surface area contributed by atoms with E-state index in [0.717, 1.165) is 6.08 Å². The number of nitrogens with zero attached hydrogens (tertiary/aromatic N) is 1. The summed E-state index contributed by atoms with van der Waals surface area (Å²) in [7, 11) is 1.51. The lowest BCUT2D eigenvalue weighted by atomic mass is 10.2. The molecule has 118 valence electrons. The number of carboxylic acid groups (broad SMARTS) is 1.